The molecular formula is C16H12ClNOS. The van der Waals surface area contributed by atoms with Gasteiger partial charge in [0, 0.05) is 21.5 Å². The summed E-state index contributed by atoms with van der Waals surface area (Å²) < 4.78 is 5.16. The van der Waals surface area contributed by atoms with Gasteiger partial charge in [0.05, 0.1) is 12.8 Å². The number of benzene rings is 2. The van der Waals surface area contributed by atoms with Crippen molar-refractivity contribution in [2.45, 2.75) is 0 Å². The first kappa shape index (κ1) is 13.2. The van der Waals surface area contributed by atoms with Crippen molar-refractivity contribution in [3.05, 3.63) is 58.9 Å². The first-order valence-corrected chi connectivity index (χ1v) is 7.38. The average molecular weight is 302 g/mol. The Labute approximate surface area is 126 Å². The third-order valence-electron chi connectivity index (χ3n) is 2.98. The third-order valence-corrected chi connectivity index (χ3v) is 4.12. The summed E-state index contributed by atoms with van der Waals surface area (Å²) in [4.78, 5) is 4.67. The summed E-state index contributed by atoms with van der Waals surface area (Å²) in [5, 5.41) is 3.79. The topological polar surface area (TPSA) is 22.1 Å². The van der Waals surface area contributed by atoms with E-state index in [-0.39, 0.29) is 0 Å². The van der Waals surface area contributed by atoms with Crippen molar-refractivity contribution in [3.8, 4) is 27.6 Å². The van der Waals surface area contributed by atoms with E-state index in [0.717, 1.165) is 32.6 Å². The minimum absolute atomic E-state index is 0.737. The average Bonchev–Trinajstić information content (AvgIpc) is 2.98. The lowest BCUT2D eigenvalue weighted by Crippen LogP contribution is -1.83. The number of aromatic nitrogens is 1. The molecule has 0 bridgehead atoms. The molecule has 0 fully saturated rings. The van der Waals surface area contributed by atoms with Crippen LogP contribution in [0.1, 0.15) is 0 Å². The summed E-state index contributed by atoms with van der Waals surface area (Å²) in [6.07, 6.45) is 0. The van der Waals surface area contributed by atoms with E-state index in [1.165, 1.54) is 0 Å². The first-order chi connectivity index (χ1) is 9.76. The third kappa shape index (κ3) is 2.69. The zero-order valence-corrected chi connectivity index (χ0v) is 12.4. The lowest BCUT2D eigenvalue weighted by molar-refractivity contribution is 0.415. The summed E-state index contributed by atoms with van der Waals surface area (Å²) in [5.74, 6) is 0.849. The molecule has 1 heterocycles. The standard InChI is InChI=1S/C16H12ClNOS/c1-19-14-8-4-11(5-9-14)15-10-20-16(18-15)12-2-6-13(17)7-3-12/h2-10H,1H3. The Kier molecular flexibility index (Phi) is 3.72. The van der Waals surface area contributed by atoms with Crippen LogP contribution in [0.2, 0.25) is 5.02 Å². The minimum Gasteiger partial charge on any atom is -0.497 e. The van der Waals surface area contributed by atoms with Gasteiger partial charge >= 0.3 is 0 Å². The molecule has 0 aliphatic heterocycles. The van der Waals surface area contributed by atoms with E-state index in [9.17, 15) is 0 Å². The number of halogens is 1. The van der Waals surface area contributed by atoms with Gasteiger partial charge in [-0.1, -0.05) is 23.7 Å². The van der Waals surface area contributed by atoms with Crippen molar-refractivity contribution in [2.24, 2.45) is 0 Å². The van der Waals surface area contributed by atoms with Crippen LogP contribution in [0.15, 0.2) is 53.9 Å². The molecule has 2 aromatic carbocycles. The van der Waals surface area contributed by atoms with Gasteiger partial charge in [-0.05, 0) is 36.4 Å². The van der Waals surface area contributed by atoms with Gasteiger partial charge in [-0.15, -0.1) is 11.3 Å². The van der Waals surface area contributed by atoms with Gasteiger partial charge in [-0.25, -0.2) is 4.98 Å². The lowest BCUT2D eigenvalue weighted by atomic mass is 10.1. The number of rotatable bonds is 3. The van der Waals surface area contributed by atoms with Gasteiger partial charge in [-0.3, -0.25) is 0 Å². The number of hydrogen-bond acceptors (Lipinski definition) is 3. The van der Waals surface area contributed by atoms with Crippen molar-refractivity contribution in [1.82, 2.24) is 4.98 Å². The van der Waals surface area contributed by atoms with Crippen molar-refractivity contribution in [2.75, 3.05) is 7.11 Å². The molecular weight excluding hydrogens is 290 g/mol. The second-order valence-corrected chi connectivity index (χ2v) is 5.57. The van der Waals surface area contributed by atoms with Gasteiger partial charge < -0.3 is 4.74 Å². The summed E-state index contributed by atoms with van der Waals surface area (Å²) in [6, 6.07) is 15.6. The molecule has 1 aromatic heterocycles. The molecule has 0 aliphatic rings. The maximum atomic E-state index is 5.90. The number of methoxy groups -OCH3 is 1. The zero-order chi connectivity index (χ0) is 13.9. The maximum absolute atomic E-state index is 5.90. The molecule has 100 valence electrons. The second kappa shape index (κ2) is 5.65. The summed E-state index contributed by atoms with van der Waals surface area (Å²) in [6.45, 7) is 0. The normalized spacial score (nSPS) is 10.5. The maximum Gasteiger partial charge on any atom is 0.124 e. The van der Waals surface area contributed by atoms with Crippen LogP contribution in [0.3, 0.4) is 0 Å². The molecule has 20 heavy (non-hydrogen) atoms. The number of nitrogens with zero attached hydrogens (tertiary/aromatic N) is 1. The first-order valence-electron chi connectivity index (χ1n) is 6.12. The molecule has 0 spiro atoms. The molecule has 3 rings (SSSR count). The molecule has 0 unspecified atom stereocenters. The van der Waals surface area contributed by atoms with Crippen LogP contribution >= 0.6 is 22.9 Å². The summed E-state index contributed by atoms with van der Waals surface area (Å²) >= 11 is 7.53. The van der Waals surface area contributed by atoms with Crippen LogP contribution in [-0.4, -0.2) is 12.1 Å². The number of thiazole rings is 1. The van der Waals surface area contributed by atoms with Gasteiger partial charge in [-0.2, -0.15) is 0 Å². The van der Waals surface area contributed by atoms with Gasteiger partial charge in [0.15, 0.2) is 0 Å². The lowest BCUT2D eigenvalue weighted by Gasteiger charge is -2.00. The van der Waals surface area contributed by atoms with Crippen LogP contribution in [-0.2, 0) is 0 Å². The monoisotopic (exact) mass is 301 g/mol. The van der Waals surface area contributed by atoms with Crippen LogP contribution in [0.25, 0.3) is 21.8 Å². The Bertz CT molecular complexity index is 704. The fourth-order valence-corrected chi connectivity index (χ4v) is 2.85. The van der Waals surface area contributed by atoms with Crippen LogP contribution in [0.4, 0.5) is 0 Å². The van der Waals surface area contributed by atoms with Crippen LogP contribution < -0.4 is 4.74 Å². The Morgan fingerprint density at radius 2 is 1.60 bits per heavy atom. The van der Waals surface area contributed by atoms with Crippen molar-refractivity contribution in [3.63, 3.8) is 0 Å². The highest BCUT2D eigenvalue weighted by Gasteiger charge is 2.06. The van der Waals surface area contributed by atoms with Crippen molar-refractivity contribution in [1.29, 1.82) is 0 Å². The van der Waals surface area contributed by atoms with E-state index in [1.807, 2.05) is 48.5 Å². The van der Waals surface area contributed by atoms with E-state index in [1.54, 1.807) is 18.4 Å². The number of ether oxygens (including phenoxy) is 1. The highest BCUT2D eigenvalue weighted by atomic mass is 35.5. The molecule has 0 saturated heterocycles. The Balaban J connectivity index is 1.91. The molecule has 0 aliphatic carbocycles. The molecule has 0 N–H and O–H groups in total. The summed E-state index contributed by atoms with van der Waals surface area (Å²) in [5.41, 5.74) is 3.14. The van der Waals surface area contributed by atoms with E-state index >= 15 is 0 Å². The highest BCUT2D eigenvalue weighted by molar-refractivity contribution is 7.13. The predicted octanol–water partition coefficient (Wildman–Crippen LogP) is 5.14. The van der Waals surface area contributed by atoms with Gasteiger partial charge in [0.2, 0.25) is 0 Å². The van der Waals surface area contributed by atoms with Crippen molar-refractivity contribution >= 4 is 22.9 Å². The molecule has 4 heteroatoms. The fourth-order valence-electron chi connectivity index (χ4n) is 1.89. The quantitative estimate of drug-likeness (QED) is 0.668. The molecule has 0 radical (unpaired) electrons. The molecule has 0 saturated carbocycles. The van der Waals surface area contributed by atoms with Gasteiger partial charge in [0.25, 0.3) is 0 Å². The zero-order valence-electron chi connectivity index (χ0n) is 10.8. The van der Waals surface area contributed by atoms with Crippen LogP contribution in [0.5, 0.6) is 5.75 Å². The minimum atomic E-state index is 0.737. The largest absolute Gasteiger partial charge is 0.497 e. The van der Waals surface area contributed by atoms with Gasteiger partial charge in [0.1, 0.15) is 10.8 Å². The van der Waals surface area contributed by atoms with E-state index < -0.39 is 0 Å². The van der Waals surface area contributed by atoms with E-state index in [2.05, 4.69) is 10.4 Å². The SMILES string of the molecule is COc1ccc(-c2csc(-c3ccc(Cl)cc3)n2)cc1. The highest BCUT2D eigenvalue weighted by Crippen LogP contribution is 2.30. The van der Waals surface area contributed by atoms with E-state index in [4.69, 9.17) is 16.3 Å². The Hall–Kier alpha value is -1.84. The molecule has 2 nitrogen and oxygen atoms in total. The second-order valence-electron chi connectivity index (χ2n) is 4.27. The van der Waals surface area contributed by atoms with Crippen LogP contribution in [0, 0.1) is 0 Å². The number of hydrogen-bond donors (Lipinski definition) is 0. The Morgan fingerprint density at radius 3 is 2.25 bits per heavy atom. The smallest absolute Gasteiger partial charge is 0.124 e. The van der Waals surface area contributed by atoms with Crippen molar-refractivity contribution < 1.29 is 4.74 Å². The Morgan fingerprint density at radius 1 is 0.950 bits per heavy atom. The molecule has 0 atom stereocenters. The molecule has 3 aromatic rings. The van der Waals surface area contributed by atoms with E-state index in [0.29, 0.717) is 0 Å². The molecule has 0 amide bonds. The predicted molar refractivity (Wildman–Crippen MR) is 84.5 cm³/mol. The fraction of sp³-hybridized carbons (Fsp3) is 0.0625. The summed E-state index contributed by atoms with van der Waals surface area (Å²) in [7, 11) is 1.66.